The maximum Gasteiger partial charge on any atom is 0.427 e. The first-order chi connectivity index (χ1) is 17.7. The van der Waals surface area contributed by atoms with Crippen molar-refractivity contribution in [1.29, 1.82) is 0 Å². The van der Waals surface area contributed by atoms with Crippen LogP contribution in [-0.4, -0.2) is 65.8 Å². The summed E-state index contributed by atoms with van der Waals surface area (Å²) < 4.78 is 16.6. The highest BCUT2D eigenvalue weighted by Crippen LogP contribution is 2.31. The average molecular weight is 537 g/mol. The molecule has 1 atom stereocenters. The van der Waals surface area contributed by atoms with Crippen LogP contribution >= 0.6 is 0 Å². The molecule has 0 fully saturated rings. The molecule has 0 spiro atoms. The molecule has 0 radical (unpaired) electrons. The molecule has 0 bridgehead atoms. The van der Waals surface area contributed by atoms with Crippen molar-refractivity contribution in [3.63, 3.8) is 0 Å². The first kappa shape index (κ1) is 35.5. The van der Waals surface area contributed by atoms with E-state index in [1.165, 1.54) is 0 Å². The van der Waals surface area contributed by atoms with E-state index in [9.17, 15) is 14.4 Å². The number of fused-ring (bicyclic) bond motifs is 1. The van der Waals surface area contributed by atoms with Crippen molar-refractivity contribution in [1.82, 2.24) is 9.80 Å². The molecule has 0 aromatic heterocycles. The van der Waals surface area contributed by atoms with Gasteiger partial charge in [0, 0.05) is 12.1 Å². The minimum atomic E-state index is -1.07. The number of amides is 3. The zero-order valence-corrected chi connectivity index (χ0v) is 25.9. The van der Waals surface area contributed by atoms with E-state index in [0.717, 1.165) is 37.1 Å². The molecule has 38 heavy (non-hydrogen) atoms. The van der Waals surface area contributed by atoms with Gasteiger partial charge in [-0.05, 0) is 97.7 Å². The quantitative estimate of drug-likeness (QED) is 0.374. The maximum absolute atomic E-state index is 13.3. The van der Waals surface area contributed by atoms with E-state index in [2.05, 4.69) is 18.9 Å². The number of hydrogen-bond acceptors (Lipinski definition) is 7. The molecule has 218 valence electrons. The van der Waals surface area contributed by atoms with Gasteiger partial charge in [0.2, 0.25) is 0 Å². The normalized spacial score (nSPS) is 14.7. The predicted octanol–water partition coefficient (Wildman–Crippen LogP) is 7.40. The van der Waals surface area contributed by atoms with Crippen molar-refractivity contribution in [3.8, 4) is 0 Å². The summed E-state index contributed by atoms with van der Waals surface area (Å²) in [5.74, 6) is -0.781. The van der Waals surface area contributed by atoms with Crippen molar-refractivity contribution >= 4 is 18.1 Å². The molecule has 1 aromatic rings. The Balaban J connectivity index is 0.00000326. The monoisotopic (exact) mass is 536 g/mol. The van der Waals surface area contributed by atoms with Gasteiger partial charge in [-0.3, -0.25) is 4.79 Å². The van der Waals surface area contributed by atoms with E-state index >= 15 is 0 Å². The number of carbonyl (C=O) groups excluding carboxylic acids is 3. The Labute approximate surface area is 231 Å². The van der Waals surface area contributed by atoms with Gasteiger partial charge in [-0.1, -0.05) is 40.7 Å². The molecule has 1 aromatic carbocycles. The Kier molecular flexibility index (Phi) is 15.4. The first-order valence-corrected chi connectivity index (χ1v) is 13.9. The Morgan fingerprint density at radius 2 is 1.45 bits per heavy atom. The molecular weight excluding hydrogens is 484 g/mol. The predicted molar refractivity (Wildman–Crippen MR) is 153 cm³/mol. The standard InChI is InChI=1S/C26H40N2O6.2C2H6/c1-9-14-27(8)15-12-21-20-11-10-19(17-18(20)13-16-32-21)22(29)28(23(30)33-25(2,3)4)24(31)34-26(5,6)7;2*1-2/h10-11,17,21H,9,12-16H2,1-8H3;2*1-2H3. The van der Waals surface area contributed by atoms with Crippen LogP contribution in [0.2, 0.25) is 0 Å². The number of rotatable bonds is 6. The second-order valence-electron chi connectivity index (χ2n) is 10.7. The minimum absolute atomic E-state index is 0.0555. The van der Waals surface area contributed by atoms with E-state index in [4.69, 9.17) is 14.2 Å². The van der Waals surface area contributed by atoms with Crippen molar-refractivity contribution in [2.24, 2.45) is 0 Å². The van der Waals surface area contributed by atoms with Crippen LogP contribution in [-0.2, 0) is 20.6 Å². The van der Waals surface area contributed by atoms with E-state index in [-0.39, 0.29) is 11.7 Å². The highest BCUT2D eigenvalue weighted by atomic mass is 16.6. The zero-order chi connectivity index (χ0) is 29.7. The van der Waals surface area contributed by atoms with Crippen molar-refractivity contribution < 1.29 is 28.6 Å². The van der Waals surface area contributed by atoms with Gasteiger partial charge in [0.25, 0.3) is 5.91 Å². The van der Waals surface area contributed by atoms with Crippen LogP contribution in [0.1, 0.15) is 117 Å². The minimum Gasteiger partial charge on any atom is -0.443 e. The molecular formula is C30H52N2O6. The van der Waals surface area contributed by atoms with Crippen LogP contribution in [0.3, 0.4) is 0 Å². The number of benzene rings is 1. The lowest BCUT2D eigenvalue weighted by Gasteiger charge is -2.29. The molecule has 1 unspecified atom stereocenters. The lowest BCUT2D eigenvalue weighted by molar-refractivity contribution is 0.00389. The zero-order valence-electron chi connectivity index (χ0n) is 25.9. The van der Waals surface area contributed by atoms with Crippen LogP contribution in [0.4, 0.5) is 9.59 Å². The molecule has 2 rings (SSSR count). The van der Waals surface area contributed by atoms with Crippen molar-refractivity contribution in [3.05, 3.63) is 34.9 Å². The van der Waals surface area contributed by atoms with Gasteiger partial charge in [-0.25, -0.2) is 9.59 Å². The summed E-state index contributed by atoms with van der Waals surface area (Å²) in [5.41, 5.74) is 0.466. The van der Waals surface area contributed by atoms with Crippen LogP contribution in [0.25, 0.3) is 0 Å². The topological polar surface area (TPSA) is 85.4 Å². The van der Waals surface area contributed by atoms with Gasteiger partial charge in [0.15, 0.2) is 0 Å². The summed E-state index contributed by atoms with van der Waals surface area (Å²) in [6, 6.07) is 5.22. The number of carbonyl (C=O) groups is 3. The molecule has 0 saturated heterocycles. The van der Waals surface area contributed by atoms with E-state index in [0.29, 0.717) is 17.9 Å². The lowest BCUT2D eigenvalue weighted by Crippen LogP contribution is -2.47. The number of nitrogens with zero attached hydrogens (tertiary/aromatic N) is 2. The Hall–Kier alpha value is -2.45. The number of hydrogen-bond donors (Lipinski definition) is 0. The summed E-state index contributed by atoms with van der Waals surface area (Å²) >= 11 is 0. The molecule has 8 heteroatoms. The smallest absolute Gasteiger partial charge is 0.427 e. The third kappa shape index (κ3) is 11.9. The summed E-state index contributed by atoms with van der Waals surface area (Å²) in [7, 11) is 2.09. The summed E-state index contributed by atoms with van der Waals surface area (Å²) in [5, 5.41) is 0. The van der Waals surface area contributed by atoms with Gasteiger partial charge in [0.1, 0.15) is 11.2 Å². The Morgan fingerprint density at radius 3 is 1.92 bits per heavy atom. The lowest BCUT2D eigenvalue weighted by atomic mass is 9.93. The SMILES string of the molecule is CC.CC.CCCN(C)CCC1OCCc2cc(C(=O)N(C(=O)OC(C)(C)C)C(=O)OC(C)(C)C)ccc21. The van der Waals surface area contributed by atoms with Crippen LogP contribution < -0.4 is 0 Å². The molecule has 1 heterocycles. The van der Waals surface area contributed by atoms with Gasteiger partial charge in [-0.15, -0.1) is 4.90 Å². The van der Waals surface area contributed by atoms with E-state index in [1.807, 2.05) is 33.8 Å². The first-order valence-electron chi connectivity index (χ1n) is 13.9. The number of ether oxygens (including phenoxy) is 3. The fourth-order valence-corrected chi connectivity index (χ4v) is 3.72. The van der Waals surface area contributed by atoms with E-state index in [1.54, 1.807) is 53.7 Å². The van der Waals surface area contributed by atoms with Gasteiger partial charge in [-0.2, -0.15) is 0 Å². The molecule has 0 N–H and O–H groups in total. The highest BCUT2D eigenvalue weighted by Gasteiger charge is 2.37. The Morgan fingerprint density at radius 1 is 0.921 bits per heavy atom. The van der Waals surface area contributed by atoms with Crippen molar-refractivity contribution in [2.45, 2.75) is 113 Å². The average Bonchev–Trinajstić information content (AvgIpc) is 2.82. The van der Waals surface area contributed by atoms with Gasteiger partial charge >= 0.3 is 12.2 Å². The molecule has 8 nitrogen and oxygen atoms in total. The van der Waals surface area contributed by atoms with Crippen LogP contribution in [0.5, 0.6) is 0 Å². The number of imide groups is 3. The molecule has 1 aliphatic rings. The second kappa shape index (κ2) is 16.5. The Bertz CT molecular complexity index is 858. The molecule has 0 aliphatic carbocycles. The molecule has 3 amide bonds. The van der Waals surface area contributed by atoms with Crippen molar-refractivity contribution in [2.75, 3.05) is 26.7 Å². The summed E-state index contributed by atoms with van der Waals surface area (Å²) in [6.07, 6.45) is 0.403. The molecule has 1 aliphatic heterocycles. The second-order valence-corrected chi connectivity index (χ2v) is 10.7. The maximum atomic E-state index is 13.3. The summed E-state index contributed by atoms with van der Waals surface area (Å²) in [4.78, 5) is 41.7. The summed E-state index contributed by atoms with van der Waals surface area (Å²) in [6.45, 7) is 22.6. The third-order valence-electron chi connectivity index (χ3n) is 5.16. The molecule has 0 saturated carbocycles. The fraction of sp³-hybridized carbons (Fsp3) is 0.700. The van der Waals surface area contributed by atoms with Gasteiger partial charge < -0.3 is 19.1 Å². The fourth-order valence-electron chi connectivity index (χ4n) is 3.72. The van der Waals surface area contributed by atoms with Crippen LogP contribution in [0, 0.1) is 0 Å². The van der Waals surface area contributed by atoms with E-state index < -0.39 is 29.3 Å². The largest absolute Gasteiger partial charge is 0.443 e. The van der Waals surface area contributed by atoms with Gasteiger partial charge in [0.05, 0.1) is 12.7 Å². The van der Waals surface area contributed by atoms with Crippen LogP contribution in [0.15, 0.2) is 18.2 Å². The third-order valence-corrected chi connectivity index (χ3v) is 5.16. The highest BCUT2D eigenvalue weighted by molar-refractivity contribution is 6.13.